The minimum absolute atomic E-state index is 0.201. The number of rotatable bonds is 2. The van der Waals surface area contributed by atoms with E-state index in [1.807, 2.05) is 44.2 Å². The molecule has 1 N–H and O–H groups in total. The van der Waals surface area contributed by atoms with Crippen molar-refractivity contribution in [2.75, 3.05) is 13.1 Å². The lowest BCUT2D eigenvalue weighted by molar-refractivity contribution is -0.0109. The summed E-state index contributed by atoms with van der Waals surface area (Å²) in [6.45, 7) is 6.45. The first-order valence-electron chi connectivity index (χ1n) is 7.34. The van der Waals surface area contributed by atoms with E-state index >= 15 is 0 Å². The number of aromatic nitrogens is 1. The topological polar surface area (TPSA) is 66.6 Å². The molecule has 116 valence electrons. The van der Waals surface area contributed by atoms with Gasteiger partial charge in [-0.2, -0.15) is 0 Å². The normalized spacial score (nSPS) is 23.7. The highest BCUT2D eigenvalue weighted by Gasteiger charge is 2.49. The maximum absolute atomic E-state index is 12.5. The highest BCUT2D eigenvalue weighted by Crippen LogP contribution is 2.39. The number of hydrogen-bond donors (Lipinski definition) is 1. The van der Waals surface area contributed by atoms with E-state index in [0.717, 1.165) is 5.56 Å². The number of benzene rings is 1. The number of likely N-dealkylation sites (tertiary alicyclic amines) is 1. The number of hydrogen-bond acceptors (Lipinski definition) is 4. The Morgan fingerprint density at radius 3 is 2.50 bits per heavy atom. The van der Waals surface area contributed by atoms with Gasteiger partial charge in [-0.05, 0) is 6.92 Å². The summed E-state index contributed by atoms with van der Waals surface area (Å²) >= 11 is 0. The van der Waals surface area contributed by atoms with Crippen molar-refractivity contribution in [1.82, 2.24) is 10.1 Å². The van der Waals surface area contributed by atoms with Crippen LogP contribution in [-0.4, -0.2) is 39.8 Å². The molecule has 5 nitrogen and oxygen atoms in total. The number of carbonyl (C=O) groups is 1. The second-order valence-electron chi connectivity index (χ2n) is 6.76. The molecule has 0 spiro atoms. The summed E-state index contributed by atoms with van der Waals surface area (Å²) in [5, 5.41) is 14.4. The fourth-order valence-electron chi connectivity index (χ4n) is 2.71. The Morgan fingerprint density at radius 2 is 1.91 bits per heavy atom. The molecular formula is C17H20N2O3. The summed E-state index contributed by atoms with van der Waals surface area (Å²) in [7, 11) is 0. The van der Waals surface area contributed by atoms with E-state index in [2.05, 4.69) is 5.16 Å². The molecule has 0 saturated carbocycles. The smallest absolute Gasteiger partial charge is 0.292 e. The molecule has 0 radical (unpaired) electrons. The van der Waals surface area contributed by atoms with Crippen LogP contribution < -0.4 is 0 Å². The van der Waals surface area contributed by atoms with Gasteiger partial charge in [0.1, 0.15) is 5.69 Å². The Morgan fingerprint density at radius 1 is 1.23 bits per heavy atom. The highest BCUT2D eigenvalue weighted by atomic mass is 16.5. The second kappa shape index (κ2) is 4.95. The molecule has 1 aromatic carbocycles. The molecule has 1 atom stereocenters. The van der Waals surface area contributed by atoms with Crippen molar-refractivity contribution in [3.8, 4) is 11.3 Å². The summed E-state index contributed by atoms with van der Waals surface area (Å²) in [6, 6.07) is 11.2. The van der Waals surface area contributed by atoms with Gasteiger partial charge in [0.05, 0.1) is 12.1 Å². The Kier molecular flexibility index (Phi) is 3.33. The van der Waals surface area contributed by atoms with Gasteiger partial charge in [0.25, 0.3) is 5.91 Å². The van der Waals surface area contributed by atoms with Crippen LogP contribution in [0.4, 0.5) is 0 Å². The first-order chi connectivity index (χ1) is 10.3. The number of β-amino-alcohol motifs (C(OH)–C–C–N with tert-alkyl or cyclic N) is 1. The quantitative estimate of drug-likeness (QED) is 0.925. The van der Waals surface area contributed by atoms with Crippen LogP contribution in [0.1, 0.15) is 31.3 Å². The molecule has 5 heteroatoms. The predicted octanol–water partition coefficient (Wildman–Crippen LogP) is 2.57. The maximum Gasteiger partial charge on any atom is 0.292 e. The third-order valence-electron chi connectivity index (χ3n) is 4.62. The molecule has 22 heavy (non-hydrogen) atoms. The van der Waals surface area contributed by atoms with Crippen molar-refractivity contribution in [2.45, 2.75) is 26.4 Å². The Labute approximate surface area is 129 Å². The van der Waals surface area contributed by atoms with Gasteiger partial charge in [0.15, 0.2) is 0 Å². The van der Waals surface area contributed by atoms with Crippen LogP contribution in [0.25, 0.3) is 11.3 Å². The van der Waals surface area contributed by atoms with Crippen molar-refractivity contribution in [3.05, 3.63) is 42.2 Å². The van der Waals surface area contributed by atoms with Crippen molar-refractivity contribution in [2.24, 2.45) is 5.41 Å². The first-order valence-corrected chi connectivity index (χ1v) is 7.34. The van der Waals surface area contributed by atoms with Gasteiger partial charge >= 0.3 is 0 Å². The summed E-state index contributed by atoms with van der Waals surface area (Å²) < 4.78 is 5.21. The van der Waals surface area contributed by atoms with Gasteiger partial charge < -0.3 is 14.5 Å². The summed E-state index contributed by atoms with van der Waals surface area (Å²) in [5.41, 5.74) is 0.267. The van der Waals surface area contributed by atoms with Gasteiger partial charge in [0, 0.05) is 23.6 Å². The largest absolute Gasteiger partial charge is 0.388 e. The molecule has 1 aliphatic rings. The average molecular weight is 300 g/mol. The van der Waals surface area contributed by atoms with Crippen LogP contribution in [0, 0.1) is 5.41 Å². The number of amides is 1. The summed E-state index contributed by atoms with van der Waals surface area (Å²) in [4.78, 5) is 14.2. The van der Waals surface area contributed by atoms with Gasteiger partial charge in [0.2, 0.25) is 5.76 Å². The molecule has 0 aliphatic carbocycles. The van der Waals surface area contributed by atoms with Crippen molar-refractivity contribution >= 4 is 5.91 Å². The zero-order valence-electron chi connectivity index (χ0n) is 13.0. The molecule has 0 unspecified atom stereocenters. The second-order valence-corrected chi connectivity index (χ2v) is 6.76. The molecule has 1 saturated heterocycles. The number of nitrogens with zero attached hydrogens (tertiary/aromatic N) is 2. The lowest BCUT2D eigenvalue weighted by atomic mass is 9.79. The maximum atomic E-state index is 12.5. The van der Waals surface area contributed by atoms with E-state index in [1.165, 1.54) is 0 Å². The van der Waals surface area contributed by atoms with Crippen molar-refractivity contribution < 1.29 is 14.4 Å². The van der Waals surface area contributed by atoms with Gasteiger partial charge in [-0.15, -0.1) is 0 Å². The predicted molar refractivity (Wildman–Crippen MR) is 82.2 cm³/mol. The minimum atomic E-state index is -0.912. The standard InChI is InChI=1S/C17H20N2O3/c1-16(2)10-19(11-17(16,3)21)15(20)14-9-13(18-22-14)12-7-5-4-6-8-12/h4-9,21H,10-11H2,1-3H3/t17-/m1/s1. The lowest BCUT2D eigenvalue weighted by Gasteiger charge is -2.30. The fraction of sp³-hybridized carbons (Fsp3) is 0.412. The molecule has 2 aromatic rings. The van der Waals surface area contributed by atoms with E-state index in [0.29, 0.717) is 18.8 Å². The van der Waals surface area contributed by atoms with E-state index < -0.39 is 5.60 Å². The van der Waals surface area contributed by atoms with Crippen molar-refractivity contribution in [1.29, 1.82) is 0 Å². The molecule has 1 aromatic heterocycles. The van der Waals surface area contributed by atoms with Crippen LogP contribution in [0.2, 0.25) is 0 Å². The Bertz CT molecular complexity index is 673. The molecule has 1 aliphatic heterocycles. The van der Waals surface area contributed by atoms with Crippen LogP contribution in [0.3, 0.4) is 0 Å². The molecule has 0 bridgehead atoms. The Balaban J connectivity index is 1.82. The summed E-state index contributed by atoms with van der Waals surface area (Å²) in [6.07, 6.45) is 0. The Hall–Kier alpha value is -2.14. The molecular weight excluding hydrogens is 280 g/mol. The average Bonchev–Trinajstić information content (AvgIpc) is 3.03. The molecule has 1 fully saturated rings. The van der Waals surface area contributed by atoms with Crippen LogP contribution in [0.15, 0.2) is 40.9 Å². The third kappa shape index (κ3) is 2.41. The van der Waals surface area contributed by atoms with Gasteiger partial charge in [-0.25, -0.2) is 0 Å². The van der Waals surface area contributed by atoms with Crippen LogP contribution >= 0.6 is 0 Å². The molecule has 1 amide bonds. The van der Waals surface area contributed by atoms with E-state index in [9.17, 15) is 9.90 Å². The van der Waals surface area contributed by atoms with E-state index in [1.54, 1.807) is 17.9 Å². The lowest BCUT2D eigenvalue weighted by Crippen LogP contribution is -2.40. The molecule has 3 rings (SSSR count). The van der Waals surface area contributed by atoms with Crippen LogP contribution in [0.5, 0.6) is 0 Å². The number of carbonyl (C=O) groups excluding carboxylic acids is 1. The van der Waals surface area contributed by atoms with Crippen LogP contribution in [-0.2, 0) is 0 Å². The third-order valence-corrected chi connectivity index (χ3v) is 4.62. The summed E-state index contributed by atoms with van der Waals surface area (Å²) in [5.74, 6) is -0.0344. The zero-order valence-corrected chi connectivity index (χ0v) is 13.0. The minimum Gasteiger partial charge on any atom is -0.388 e. The van der Waals surface area contributed by atoms with E-state index in [-0.39, 0.29) is 17.1 Å². The fourth-order valence-corrected chi connectivity index (χ4v) is 2.71. The van der Waals surface area contributed by atoms with Crippen molar-refractivity contribution in [3.63, 3.8) is 0 Å². The number of aliphatic hydroxyl groups is 1. The highest BCUT2D eigenvalue weighted by molar-refractivity contribution is 5.92. The van der Waals surface area contributed by atoms with E-state index in [4.69, 9.17) is 4.52 Å². The van der Waals surface area contributed by atoms with Gasteiger partial charge in [-0.1, -0.05) is 49.3 Å². The first kappa shape index (κ1) is 14.8. The van der Waals surface area contributed by atoms with Gasteiger partial charge in [-0.3, -0.25) is 4.79 Å². The SMILES string of the molecule is CC1(C)CN(C(=O)c2cc(-c3ccccc3)no2)C[C@@]1(C)O. The monoisotopic (exact) mass is 300 g/mol. The molecule has 2 heterocycles. The zero-order chi connectivity index (χ0) is 16.0.